The van der Waals surface area contributed by atoms with Crippen LogP contribution in [-0.2, 0) is 6.54 Å². The molecule has 2 fully saturated rings. The summed E-state index contributed by atoms with van der Waals surface area (Å²) >= 11 is 12.5. The lowest BCUT2D eigenvalue weighted by Crippen LogP contribution is -2.61. The molecule has 0 amide bonds. The average Bonchev–Trinajstić information content (AvgIpc) is 3.18. The maximum atomic E-state index is 6.35. The predicted octanol–water partition coefficient (Wildman–Crippen LogP) is 3.96. The summed E-state index contributed by atoms with van der Waals surface area (Å²) in [6.07, 6.45) is 2.74. The second-order valence-electron chi connectivity index (χ2n) is 6.79. The smallest absolute Gasteiger partial charge is 0.0637 e. The van der Waals surface area contributed by atoms with Gasteiger partial charge in [0.25, 0.3) is 0 Å². The molecule has 1 heterocycles. The molecule has 1 N–H and O–H groups in total. The third-order valence-corrected chi connectivity index (χ3v) is 5.29. The summed E-state index contributed by atoms with van der Waals surface area (Å²) in [4.78, 5) is 2.59. The summed E-state index contributed by atoms with van der Waals surface area (Å²) in [6.45, 7) is 7.56. The Kier molecular flexibility index (Phi) is 4.02. The second-order valence-corrected chi connectivity index (χ2v) is 7.57. The highest BCUT2D eigenvalue weighted by Gasteiger charge is 2.40. The van der Waals surface area contributed by atoms with E-state index in [2.05, 4.69) is 30.1 Å². The van der Waals surface area contributed by atoms with Crippen LogP contribution < -0.4 is 5.32 Å². The Morgan fingerprint density at radius 3 is 2.75 bits per heavy atom. The van der Waals surface area contributed by atoms with Crippen LogP contribution in [0.4, 0.5) is 0 Å². The summed E-state index contributed by atoms with van der Waals surface area (Å²) in [5, 5.41) is 5.03. The van der Waals surface area contributed by atoms with Crippen LogP contribution >= 0.6 is 23.2 Å². The van der Waals surface area contributed by atoms with Gasteiger partial charge in [0.1, 0.15) is 0 Å². The van der Waals surface area contributed by atoms with Gasteiger partial charge in [0.2, 0.25) is 0 Å². The third-order valence-electron chi connectivity index (χ3n) is 4.43. The molecule has 0 radical (unpaired) electrons. The van der Waals surface area contributed by atoms with E-state index in [-0.39, 0.29) is 5.54 Å². The number of piperazine rings is 1. The molecule has 20 heavy (non-hydrogen) atoms. The maximum absolute atomic E-state index is 6.35. The number of rotatable bonds is 3. The van der Waals surface area contributed by atoms with Crippen LogP contribution in [0.3, 0.4) is 0 Å². The molecule has 1 saturated carbocycles. The van der Waals surface area contributed by atoms with Gasteiger partial charge in [0, 0.05) is 31.2 Å². The zero-order valence-electron chi connectivity index (χ0n) is 12.1. The number of nitrogens with one attached hydrogen (secondary N) is 1. The molecule has 0 spiro atoms. The number of hydrogen-bond acceptors (Lipinski definition) is 2. The molecule has 3 rings (SSSR count). The quantitative estimate of drug-likeness (QED) is 0.909. The molecule has 1 aromatic rings. The second kappa shape index (κ2) is 5.49. The molecule has 1 aliphatic heterocycles. The largest absolute Gasteiger partial charge is 0.309 e. The van der Waals surface area contributed by atoms with Crippen LogP contribution in [0.25, 0.3) is 0 Å². The lowest BCUT2D eigenvalue weighted by molar-refractivity contribution is 0.0760. The van der Waals surface area contributed by atoms with Gasteiger partial charge in [-0.15, -0.1) is 0 Å². The van der Waals surface area contributed by atoms with Crippen molar-refractivity contribution in [1.82, 2.24) is 10.2 Å². The molecule has 1 aromatic carbocycles. The van der Waals surface area contributed by atoms with Gasteiger partial charge >= 0.3 is 0 Å². The summed E-state index contributed by atoms with van der Waals surface area (Å²) in [6, 6.07) is 6.57. The highest BCUT2D eigenvalue weighted by Crippen LogP contribution is 2.38. The molecule has 1 atom stereocenters. The fourth-order valence-electron chi connectivity index (χ4n) is 3.20. The van der Waals surface area contributed by atoms with Crippen molar-refractivity contribution in [2.45, 2.75) is 44.8 Å². The molecule has 2 aliphatic rings. The Labute approximate surface area is 131 Å². The first-order valence-corrected chi connectivity index (χ1v) is 8.14. The van der Waals surface area contributed by atoms with E-state index in [1.165, 1.54) is 12.8 Å². The fraction of sp³-hybridized carbons (Fsp3) is 0.625. The van der Waals surface area contributed by atoms with E-state index in [0.29, 0.717) is 16.1 Å². The summed E-state index contributed by atoms with van der Waals surface area (Å²) < 4.78 is 0. The van der Waals surface area contributed by atoms with Crippen molar-refractivity contribution in [3.8, 4) is 0 Å². The van der Waals surface area contributed by atoms with Crippen LogP contribution in [0, 0.1) is 5.92 Å². The molecular formula is C16H22Cl2N2. The molecule has 110 valence electrons. The Balaban J connectivity index is 1.80. The van der Waals surface area contributed by atoms with E-state index in [1.807, 2.05) is 12.1 Å². The van der Waals surface area contributed by atoms with Crippen molar-refractivity contribution in [2.24, 2.45) is 5.92 Å². The zero-order valence-corrected chi connectivity index (χ0v) is 13.6. The number of benzene rings is 1. The van der Waals surface area contributed by atoms with Gasteiger partial charge in [-0.2, -0.15) is 0 Å². The van der Waals surface area contributed by atoms with Crippen LogP contribution in [0.15, 0.2) is 18.2 Å². The summed E-state index contributed by atoms with van der Waals surface area (Å²) in [7, 11) is 0. The minimum absolute atomic E-state index is 0.163. The molecule has 1 saturated heterocycles. The van der Waals surface area contributed by atoms with Gasteiger partial charge in [0.05, 0.1) is 10.0 Å². The SMILES string of the molecule is CC1(C)CN(Cc2cccc(Cl)c2Cl)C(C2CC2)CN1. The summed E-state index contributed by atoms with van der Waals surface area (Å²) in [5.74, 6) is 0.858. The first-order valence-electron chi connectivity index (χ1n) is 7.38. The van der Waals surface area contributed by atoms with Crippen molar-refractivity contribution in [1.29, 1.82) is 0 Å². The zero-order chi connectivity index (χ0) is 14.3. The van der Waals surface area contributed by atoms with Crippen LogP contribution in [-0.4, -0.2) is 29.6 Å². The van der Waals surface area contributed by atoms with Crippen molar-refractivity contribution in [3.05, 3.63) is 33.8 Å². The van der Waals surface area contributed by atoms with Crippen molar-refractivity contribution in [2.75, 3.05) is 13.1 Å². The Bertz CT molecular complexity index is 497. The first kappa shape index (κ1) is 14.6. The van der Waals surface area contributed by atoms with Gasteiger partial charge in [0.15, 0.2) is 0 Å². The first-order chi connectivity index (χ1) is 9.46. The predicted molar refractivity (Wildman–Crippen MR) is 85.5 cm³/mol. The van der Waals surface area contributed by atoms with Crippen molar-refractivity contribution >= 4 is 23.2 Å². The third kappa shape index (κ3) is 3.14. The van der Waals surface area contributed by atoms with E-state index in [9.17, 15) is 0 Å². The van der Waals surface area contributed by atoms with Gasteiger partial charge in [-0.1, -0.05) is 35.3 Å². The summed E-state index contributed by atoms with van der Waals surface area (Å²) in [5.41, 5.74) is 1.30. The lowest BCUT2D eigenvalue weighted by Gasteiger charge is -2.45. The highest BCUT2D eigenvalue weighted by molar-refractivity contribution is 6.42. The number of nitrogens with zero attached hydrogens (tertiary/aromatic N) is 1. The number of halogens is 2. The average molecular weight is 313 g/mol. The normalized spacial score (nSPS) is 26.7. The molecule has 0 bridgehead atoms. The topological polar surface area (TPSA) is 15.3 Å². The fourth-order valence-corrected chi connectivity index (χ4v) is 3.58. The van der Waals surface area contributed by atoms with E-state index >= 15 is 0 Å². The maximum Gasteiger partial charge on any atom is 0.0637 e. The van der Waals surface area contributed by atoms with Crippen LogP contribution in [0.1, 0.15) is 32.3 Å². The Hall–Kier alpha value is -0.280. The Morgan fingerprint density at radius 2 is 2.05 bits per heavy atom. The molecule has 1 unspecified atom stereocenters. The highest BCUT2D eigenvalue weighted by atomic mass is 35.5. The van der Waals surface area contributed by atoms with Crippen molar-refractivity contribution < 1.29 is 0 Å². The molecular weight excluding hydrogens is 291 g/mol. The van der Waals surface area contributed by atoms with Gasteiger partial charge in [-0.25, -0.2) is 0 Å². The molecule has 4 heteroatoms. The molecule has 1 aliphatic carbocycles. The van der Waals surface area contributed by atoms with Crippen molar-refractivity contribution in [3.63, 3.8) is 0 Å². The van der Waals surface area contributed by atoms with E-state index in [0.717, 1.165) is 31.1 Å². The van der Waals surface area contributed by atoms with Gasteiger partial charge < -0.3 is 5.32 Å². The molecule has 2 nitrogen and oxygen atoms in total. The standard InChI is InChI=1S/C16H22Cl2N2/c1-16(2)10-20(14(8-19-16)11-6-7-11)9-12-4-3-5-13(17)15(12)18/h3-5,11,14,19H,6-10H2,1-2H3. The van der Waals surface area contributed by atoms with E-state index in [1.54, 1.807) is 0 Å². The minimum atomic E-state index is 0.163. The van der Waals surface area contributed by atoms with Gasteiger partial charge in [-0.05, 0) is 44.2 Å². The lowest BCUT2D eigenvalue weighted by atomic mass is 9.96. The monoisotopic (exact) mass is 312 g/mol. The Morgan fingerprint density at radius 1 is 1.30 bits per heavy atom. The van der Waals surface area contributed by atoms with Gasteiger partial charge in [-0.3, -0.25) is 4.90 Å². The molecule has 0 aromatic heterocycles. The van der Waals surface area contributed by atoms with E-state index in [4.69, 9.17) is 23.2 Å². The van der Waals surface area contributed by atoms with E-state index < -0.39 is 0 Å². The minimum Gasteiger partial charge on any atom is -0.309 e. The number of hydrogen-bond donors (Lipinski definition) is 1. The van der Waals surface area contributed by atoms with Crippen LogP contribution in [0.2, 0.25) is 10.0 Å². The van der Waals surface area contributed by atoms with Crippen LogP contribution in [0.5, 0.6) is 0 Å².